The highest BCUT2D eigenvalue weighted by Gasteiger charge is 2.53. The van der Waals surface area contributed by atoms with Crippen LogP contribution in [0.25, 0.3) is 0 Å². The molecule has 1 saturated heterocycles. The van der Waals surface area contributed by atoms with E-state index in [-0.39, 0.29) is 33.1 Å². The second-order valence-electron chi connectivity index (χ2n) is 6.34. The Kier molecular flexibility index (Phi) is 6.24. The number of hydrogen-bond acceptors (Lipinski definition) is 10. The number of carboxylic acid groups (broad SMARTS) is 1. The van der Waals surface area contributed by atoms with E-state index in [1.807, 2.05) is 0 Å². The van der Waals surface area contributed by atoms with Gasteiger partial charge in [-0.1, -0.05) is 28.4 Å². The molecule has 1 fully saturated rings. The van der Waals surface area contributed by atoms with Crippen molar-refractivity contribution in [2.75, 3.05) is 11.5 Å². The normalized spacial score (nSPS) is 20.2. The molecule has 0 saturated carbocycles. The number of thioether (sulfide) groups is 1. The van der Waals surface area contributed by atoms with E-state index in [0.29, 0.717) is 10.8 Å². The summed E-state index contributed by atoms with van der Waals surface area (Å²) >= 11 is 14.1. The van der Waals surface area contributed by atoms with E-state index in [1.165, 1.54) is 36.0 Å². The van der Waals surface area contributed by atoms with Crippen LogP contribution in [0, 0.1) is 0 Å². The average Bonchev–Trinajstić information content (AvgIpc) is 3.18. The number of carbonyl (C=O) groups excluding carboxylic acids is 2. The number of carboxylic acids is 1. The molecule has 32 heavy (non-hydrogen) atoms. The van der Waals surface area contributed by atoms with Crippen molar-refractivity contribution in [3.63, 3.8) is 0 Å². The largest absolute Gasteiger partial charge is 0.477 e. The van der Waals surface area contributed by atoms with E-state index in [1.54, 1.807) is 0 Å². The van der Waals surface area contributed by atoms with E-state index in [4.69, 9.17) is 33.8 Å². The lowest BCUT2D eigenvalue weighted by Gasteiger charge is -2.48. The number of aliphatic carboxylic acids is 1. The molecule has 2 amide bonds. The molecule has 15 heteroatoms. The summed E-state index contributed by atoms with van der Waals surface area (Å²) in [5, 5.41) is 15.7. The molecule has 0 spiro atoms. The Labute approximate surface area is 198 Å². The number of nitrogens with two attached hydrogens (primary N) is 1. The first-order valence-corrected chi connectivity index (χ1v) is 11.3. The monoisotopic (exact) mass is 514 g/mol. The number of nitrogen functional groups attached to an aromatic ring is 1. The SMILES string of the molecule is Nc1nc(/C(=N\Oc2ccc(Cl)cc2Cl)C(=O)NC2C(=O)N3C(C(=O)O)=CCSC23)ns1. The Bertz CT molecular complexity index is 1190. The minimum atomic E-state index is -1.22. The van der Waals surface area contributed by atoms with Crippen LogP contribution in [0.3, 0.4) is 0 Å². The zero-order chi connectivity index (χ0) is 23.0. The Morgan fingerprint density at radius 2 is 2.16 bits per heavy atom. The number of amides is 2. The standard InChI is InChI=1S/C17H12Cl2N6O5S2/c18-6-1-2-9(7(19)5-6)30-23-10(12-22-17(20)32-24-12)13(26)21-11-14(27)25-8(16(28)29)3-4-31-15(11)25/h1-3,5,11,15H,4H2,(H,21,26)(H,28,29)(H2,20,22,24)/b23-10+. The summed E-state index contributed by atoms with van der Waals surface area (Å²) in [7, 11) is 0. The first-order valence-electron chi connectivity index (χ1n) is 8.75. The Hall–Kier alpha value is -2.87. The highest BCUT2D eigenvalue weighted by molar-refractivity contribution is 8.00. The zero-order valence-corrected chi connectivity index (χ0v) is 18.8. The van der Waals surface area contributed by atoms with Gasteiger partial charge in [-0.05, 0) is 24.3 Å². The van der Waals surface area contributed by atoms with Gasteiger partial charge in [-0.25, -0.2) is 4.79 Å². The summed E-state index contributed by atoms with van der Waals surface area (Å²) < 4.78 is 3.97. The molecule has 0 radical (unpaired) electrons. The molecule has 2 unspecified atom stereocenters. The highest BCUT2D eigenvalue weighted by Crippen LogP contribution is 2.37. The third-order valence-corrected chi connectivity index (χ3v) is 6.61. The van der Waals surface area contributed by atoms with Gasteiger partial charge in [0.25, 0.3) is 11.8 Å². The molecule has 2 aliphatic heterocycles. The first kappa shape index (κ1) is 22.3. The molecule has 166 valence electrons. The molecule has 1 aromatic carbocycles. The number of benzene rings is 1. The number of anilines is 1. The lowest BCUT2D eigenvalue weighted by molar-refractivity contribution is -0.150. The van der Waals surface area contributed by atoms with Crippen molar-refractivity contribution >= 4 is 75.1 Å². The van der Waals surface area contributed by atoms with Crippen LogP contribution in [0.2, 0.25) is 10.0 Å². The quantitative estimate of drug-likeness (QED) is 0.295. The molecule has 0 bridgehead atoms. The molecule has 4 N–H and O–H groups in total. The lowest BCUT2D eigenvalue weighted by atomic mass is 10.0. The van der Waals surface area contributed by atoms with Gasteiger partial charge in [0.15, 0.2) is 10.9 Å². The van der Waals surface area contributed by atoms with E-state index >= 15 is 0 Å². The number of rotatable bonds is 6. The number of aromatic nitrogens is 2. The Balaban J connectivity index is 1.56. The molecule has 2 aliphatic rings. The predicted molar refractivity (Wildman–Crippen MR) is 119 cm³/mol. The number of oxime groups is 1. The van der Waals surface area contributed by atoms with Gasteiger partial charge in [-0.3, -0.25) is 14.5 Å². The van der Waals surface area contributed by atoms with Crippen LogP contribution in [-0.2, 0) is 14.4 Å². The second kappa shape index (κ2) is 8.94. The highest BCUT2D eigenvalue weighted by atomic mass is 35.5. The number of nitrogens with one attached hydrogen (secondary N) is 1. The van der Waals surface area contributed by atoms with Gasteiger partial charge >= 0.3 is 5.97 Å². The van der Waals surface area contributed by atoms with Crippen LogP contribution in [0.4, 0.5) is 5.13 Å². The summed E-state index contributed by atoms with van der Waals surface area (Å²) in [6, 6.07) is 3.45. The molecule has 0 aliphatic carbocycles. The summed E-state index contributed by atoms with van der Waals surface area (Å²) in [5.74, 6) is -2.19. The van der Waals surface area contributed by atoms with Crippen molar-refractivity contribution in [1.29, 1.82) is 0 Å². The topological polar surface area (TPSA) is 160 Å². The number of β-lactam (4-membered cyclic amide) rings is 1. The maximum atomic E-state index is 12.9. The van der Waals surface area contributed by atoms with Crippen LogP contribution in [0.15, 0.2) is 35.1 Å². The molecule has 2 aromatic rings. The van der Waals surface area contributed by atoms with Crippen LogP contribution < -0.4 is 15.9 Å². The van der Waals surface area contributed by atoms with Gasteiger partial charge < -0.3 is 21.0 Å². The second-order valence-corrected chi connectivity index (χ2v) is 9.12. The van der Waals surface area contributed by atoms with E-state index < -0.39 is 29.2 Å². The lowest BCUT2D eigenvalue weighted by Crippen LogP contribution is -2.70. The van der Waals surface area contributed by atoms with E-state index in [2.05, 4.69) is 19.8 Å². The summed E-state index contributed by atoms with van der Waals surface area (Å²) in [6.07, 6.45) is 1.44. The van der Waals surface area contributed by atoms with Crippen LogP contribution in [-0.4, -0.2) is 60.0 Å². The van der Waals surface area contributed by atoms with E-state index in [9.17, 15) is 19.5 Å². The smallest absolute Gasteiger partial charge is 0.352 e. The van der Waals surface area contributed by atoms with Crippen molar-refractivity contribution in [3.05, 3.63) is 45.8 Å². The molecule has 4 rings (SSSR count). The first-order chi connectivity index (χ1) is 15.3. The maximum absolute atomic E-state index is 12.9. The Morgan fingerprint density at radius 1 is 1.38 bits per heavy atom. The fourth-order valence-electron chi connectivity index (χ4n) is 2.91. The van der Waals surface area contributed by atoms with Crippen molar-refractivity contribution in [2.45, 2.75) is 11.4 Å². The number of hydrogen-bond donors (Lipinski definition) is 3. The maximum Gasteiger partial charge on any atom is 0.352 e. The van der Waals surface area contributed by atoms with Gasteiger partial charge in [0.05, 0.1) is 5.02 Å². The van der Waals surface area contributed by atoms with Crippen LogP contribution >= 0.6 is 46.5 Å². The molecule has 3 heterocycles. The molecule has 11 nitrogen and oxygen atoms in total. The van der Waals surface area contributed by atoms with Gasteiger partial charge in [0.1, 0.15) is 17.1 Å². The summed E-state index contributed by atoms with van der Waals surface area (Å²) in [5.41, 5.74) is 5.15. The molecule has 1 aromatic heterocycles. The summed E-state index contributed by atoms with van der Waals surface area (Å²) in [4.78, 5) is 47.2. The van der Waals surface area contributed by atoms with Gasteiger partial charge in [-0.15, -0.1) is 11.8 Å². The minimum absolute atomic E-state index is 0.0926. The molecule has 2 atom stereocenters. The van der Waals surface area contributed by atoms with Crippen molar-refractivity contribution in [2.24, 2.45) is 5.16 Å². The fraction of sp³-hybridized carbons (Fsp3) is 0.176. The van der Waals surface area contributed by atoms with Crippen molar-refractivity contribution in [1.82, 2.24) is 19.6 Å². The number of carbonyl (C=O) groups is 3. The fourth-order valence-corrected chi connectivity index (χ4v) is 4.98. The number of halogens is 2. The minimum Gasteiger partial charge on any atom is -0.477 e. The van der Waals surface area contributed by atoms with E-state index in [0.717, 1.165) is 16.4 Å². The van der Waals surface area contributed by atoms with Gasteiger partial charge in [0.2, 0.25) is 11.5 Å². The van der Waals surface area contributed by atoms with Gasteiger partial charge in [0, 0.05) is 22.3 Å². The zero-order valence-electron chi connectivity index (χ0n) is 15.7. The number of fused-ring (bicyclic) bond motifs is 1. The predicted octanol–water partition coefficient (Wildman–Crippen LogP) is 1.58. The molecular formula is C17H12Cl2N6O5S2. The van der Waals surface area contributed by atoms with Gasteiger partial charge in [-0.2, -0.15) is 9.36 Å². The number of nitrogens with zero attached hydrogens (tertiary/aromatic N) is 4. The van der Waals surface area contributed by atoms with Crippen molar-refractivity contribution < 1.29 is 24.3 Å². The third-order valence-electron chi connectivity index (χ3n) is 4.35. The van der Waals surface area contributed by atoms with Crippen LogP contribution in [0.5, 0.6) is 5.75 Å². The average molecular weight is 515 g/mol. The third kappa shape index (κ3) is 4.24. The Morgan fingerprint density at radius 3 is 2.81 bits per heavy atom. The summed E-state index contributed by atoms with van der Waals surface area (Å²) in [6.45, 7) is 0. The van der Waals surface area contributed by atoms with Crippen LogP contribution in [0.1, 0.15) is 5.82 Å². The van der Waals surface area contributed by atoms with Crippen molar-refractivity contribution in [3.8, 4) is 5.75 Å². The molecular weight excluding hydrogens is 503 g/mol.